The van der Waals surface area contributed by atoms with E-state index in [1.807, 2.05) is 35.2 Å². The summed E-state index contributed by atoms with van der Waals surface area (Å²) in [5, 5.41) is 16.9. The van der Waals surface area contributed by atoms with Gasteiger partial charge in [-0.15, -0.1) is 0 Å². The van der Waals surface area contributed by atoms with Crippen LogP contribution in [0.3, 0.4) is 0 Å². The van der Waals surface area contributed by atoms with Crippen molar-refractivity contribution in [2.45, 2.75) is 13.1 Å². The third-order valence-corrected chi connectivity index (χ3v) is 4.69. The Morgan fingerprint density at radius 2 is 2.00 bits per heavy atom. The molecule has 26 heavy (non-hydrogen) atoms. The Hall–Kier alpha value is -2.42. The van der Waals surface area contributed by atoms with Crippen molar-refractivity contribution in [3.05, 3.63) is 75.3 Å². The van der Waals surface area contributed by atoms with Crippen LogP contribution >= 0.6 is 35.4 Å². The summed E-state index contributed by atoms with van der Waals surface area (Å²) in [5.41, 5.74) is 1.74. The maximum Gasteiger partial charge on any atom is 0.200 e. The lowest BCUT2D eigenvalue weighted by Gasteiger charge is -2.06. The molecule has 0 aliphatic heterocycles. The van der Waals surface area contributed by atoms with Crippen LogP contribution in [0.2, 0.25) is 10.0 Å². The first-order chi connectivity index (χ1) is 12.6. The summed E-state index contributed by atoms with van der Waals surface area (Å²) in [4.78, 5) is 0. The third-order valence-electron chi connectivity index (χ3n) is 3.83. The molecule has 3 heterocycles. The van der Waals surface area contributed by atoms with Gasteiger partial charge in [-0.3, -0.25) is 19.0 Å². The lowest BCUT2D eigenvalue weighted by molar-refractivity contribution is 0.643. The molecule has 1 N–H and O–H groups in total. The number of halogens is 2. The SMILES string of the molecule is S=c1[nH]nc(Cn2cccn2)n1-c1cnn(Cc2ccc(Cl)cc2Cl)c1. The van der Waals surface area contributed by atoms with Gasteiger partial charge in [0.25, 0.3) is 0 Å². The van der Waals surface area contributed by atoms with E-state index in [0.717, 1.165) is 17.1 Å². The minimum absolute atomic E-state index is 0.494. The second kappa shape index (κ2) is 7.06. The van der Waals surface area contributed by atoms with Gasteiger partial charge in [0.1, 0.15) is 6.54 Å². The second-order valence-corrected chi connectivity index (χ2v) is 6.85. The standard InChI is InChI=1S/C16H13Cl2N7S/c17-12-3-2-11(14(18)6-12)8-24-9-13(7-20-24)25-15(21-22-16(25)26)10-23-5-1-4-19-23/h1-7,9H,8,10H2,(H,22,26). The van der Waals surface area contributed by atoms with E-state index < -0.39 is 0 Å². The Balaban J connectivity index is 1.62. The number of hydrogen-bond acceptors (Lipinski definition) is 4. The molecule has 0 unspecified atom stereocenters. The Labute approximate surface area is 163 Å². The lowest BCUT2D eigenvalue weighted by atomic mass is 10.2. The number of aromatic amines is 1. The molecule has 4 aromatic rings. The average molecular weight is 406 g/mol. The summed E-state index contributed by atoms with van der Waals surface area (Å²) >= 11 is 17.6. The van der Waals surface area contributed by atoms with E-state index in [1.54, 1.807) is 27.8 Å². The highest BCUT2D eigenvalue weighted by Gasteiger charge is 2.12. The van der Waals surface area contributed by atoms with E-state index in [-0.39, 0.29) is 0 Å². The van der Waals surface area contributed by atoms with Gasteiger partial charge in [0.15, 0.2) is 10.6 Å². The first kappa shape index (κ1) is 17.0. The average Bonchev–Trinajstić information content (AvgIpc) is 3.33. The number of nitrogens with one attached hydrogen (secondary N) is 1. The molecule has 132 valence electrons. The molecule has 0 radical (unpaired) electrons. The van der Waals surface area contributed by atoms with Crippen LogP contribution in [0.1, 0.15) is 11.4 Å². The van der Waals surface area contributed by atoms with Crippen LogP contribution in [0, 0.1) is 4.77 Å². The predicted molar refractivity (Wildman–Crippen MR) is 101 cm³/mol. The maximum absolute atomic E-state index is 6.24. The summed E-state index contributed by atoms with van der Waals surface area (Å²) in [5.74, 6) is 0.739. The molecule has 4 rings (SSSR count). The van der Waals surface area contributed by atoms with E-state index in [9.17, 15) is 0 Å². The second-order valence-electron chi connectivity index (χ2n) is 5.62. The zero-order chi connectivity index (χ0) is 18.1. The van der Waals surface area contributed by atoms with Crippen molar-refractivity contribution in [2.75, 3.05) is 0 Å². The molecule has 0 atom stereocenters. The van der Waals surface area contributed by atoms with Crippen LogP contribution in [-0.2, 0) is 13.1 Å². The van der Waals surface area contributed by atoms with Gasteiger partial charge in [0.2, 0.25) is 0 Å². The molecular weight excluding hydrogens is 393 g/mol. The highest BCUT2D eigenvalue weighted by atomic mass is 35.5. The lowest BCUT2D eigenvalue weighted by Crippen LogP contribution is -2.07. The number of nitrogens with zero attached hydrogens (tertiary/aromatic N) is 6. The topological polar surface area (TPSA) is 69.2 Å². The summed E-state index contributed by atoms with van der Waals surface area (Å²) in [6, 6.07) is 7.27. The van der Waals surface area contributed by atoms with Gasteiger partial charge in [0, 0.05) is 28.6 Å². The summed E-state index contributed by atoms with van der Waals surface area (Å²) in [7, 11) is 0. The Bertz CT molecular complexity index is 1090. The van der Waals surface area contributed by atoms with Crippen molar-refractivity contribution in [2.24, 2.45) is 0 Å². The number of H-pyrrole nitrogens is 1. The van der Waals surface area contributed by atoms with Crippen molar-refractivity contribution in [1.29, 1.82) is 0 Å². The van der Waals surface area contributed by atoms with E-state index in [1.165, 1.54) is 0 Å². The molecule has 0 saturated carbocycles. The van der Waals surface area contributed by atoms with Crippen LogP contribution in [0.5, 0.6) is 0 Å². The zero-order valence-electron chi connectivity index (χ0n) is 13.4. The molecule has 0 aliphatic carbocycles. The van der Waals surface area contributed by atoms with Crippen molar-refractivity contribution >= 4 is 35.4 Å². The quantitative estimate of drug-likeness (QED) is 0.513. The van der Waals surface area contributed by atoms with E-state index in [2.05, 4.69) is 20.4 Å². The Morgan fingerprint density at radius 3 is 2.77 bits per heavy atom. The molecule has 0 spiro atoms. The fourth-order valence-electron chi connectivity index (χ4n) is 2.62. The van der Waals surface area contributed by atoms with E-state index in [0.29, 0.717) is 27.9 Å². The molecule has 1 aromatic carbocycles. The minimum Gasteiger partial charge on any atom is -0.267 e. The van der Waals surface area contributed by atoms with Gasteiger partial charge in [-0.05, 0) is 36.0 Å². The normalized spacial score (nSPS) is 11.2. The fraction of sp³-hybridized carbons (Fsp3) is 0.125. The maximum atomic E-state index is 6.24. The summed E-state index contributed by atoms with van der Waals surface area (Å²) in [6.07, 6.45) is 7.22. The fourth-order valence-corrected chi connectivity index (χ4v) is 3.34. The van der Waals surface area contributed by atoms with E-state index >= 15 is 0 Å². The third kappa shape index (κ3) is 3.44. The molecule has 0 amide bonds. The largest absolute Gasteiger partial charge is 0.267 e. The highest BCUT2D eigenvalue weighted by molar-refractivity contribution is 7.71. The molecule has 0 saturated heterocycles. The molecule has 10 heteroatoms. The van der Waals surface area contributed by atoms with Crippen LogP contribution in [0.4, 0.5) is 0 Å². The number of benzene rings is 1. The van der Waals surface area contributed by atoms with Gasteiger partial charge in [-0.25, -0.2) is 0 Å². The highest BCUT2D eigenvalue weighted by Crippen LogP contribution is 2.22. The van der Waals surface area contributed by atoms with Crippen molar-refractivity contribution < 1.29 is 0 Å². The minimum atomic E-state index is 0.494. The molecule has 0 fully saturated rings. The first-order valence-corrected chi connectivity index (χ1v) is 8.87. The van der Waals surface area contributed by atoms with Gasteiger partial charge >= 0.3 is 0 Å². The Kier molecular flexibility index (Phi) is 4.62. The molecular formula is C16H13Cl2N7S. The van der Waals surface area contributed by atoms with Crippen LogP contribution in [-0.4, -0.2) is 34.3 Å². The van der Waals surface area contributed by atoms with Crippen LogP contribution < -0.4 is 0 Å². The van der Waals surface area contributed by atoms with Crippen LogP contribution in [0.15, 0.2) is 49.1 Å². The first-order valence-electron chi connectivity index (χ1n) is 7.70. The number of aromatic nitrogens is 7. The van der Waals surface area contributed by atoms with Crippen molar-refractivity contribution in [3.63, 3.8) is 0 Å². The monoisotopic (exact) mass is 405 g/mol. The molecule has 0 bridgehead atoms. The molecule has 0 aliphatic rings. The zero-order valence-corrected chi connectivity index (χ0v) is 15.7. The van der Waals surface area contributed by atoms with Crippen molar-refractivity contribution in [3.8, 4) is 5.69 Å². The van der Waals surface area contributed by atoms with E-state index in [4.69, 9.17) is 35.4 Å². The van der Waals surface area contributed by atoms with Gasteiger partial charge in [-0.1, -0.05) is 29.3 Å². The van der Waals surface area contributed by atoms with Gasteiger partial charge in [-0.2, -0.15) is 15.3 Å². The summed E-state index contributed by atoms with van der Waals surface area (Å²) < 4.78 is 5.90. The molecule has 3 aromatic heterocycles. The van der Waals surface area contributed by atoms with Crippen molar-refractivity contribution in [1.82, 2.24) is 34.3 Å². The number of hydrogen-bond donors (Lipinski definition) is 1. The van der Waals surface area contributed by atoms with Gasteiger partial charge < -0.3 is 0 Å². The number of rotatable bonds is 5. The van der Waals surface area contributed by atoms with Crippen LogP contribution in [0.25, 0.3) is 5.69 Å². The summed E-state index contributed by atoms with van der Waals surface area (Å²) in [6.45, 7) is 1.02. The van der Waals surface area contributed by atoms with Gasteiger partial charge in [0.05, 0.1) is 18.4 Å². The molecule has 7 nitrogen and oxygen atoms in total. The predicted octanol–water partition coefficient (Wildman–Crippen LogP) is 3.73. The Morgan fingerprint density at radius 1 is 1.12 bits per heavy atom. The smallest absolute Gasteiger partial charge is 0.200 e.